The van der Waals surface area contributed by atoms with E-state index >= 15 is 0 Å². The zero-order valence-electron chi connectivity index (χ0n) is 41.2. The van der Waals surface area contributed by atoms with Gasteiger partial charge in [-0.25, -0.2) is 0 Å². The van der Waals surface area contributed by atoms with E-state index in [1.165, 1.54) is 135 Å². The Morgan fingerprint density at radius 2 is 0.862 bits per heavy atom. The molecular formula is C55H96O10. The summed E-state index contributed by atoms with van der Waals surface area (Å²) in [6.07, 6.45) is 49.7. The largest absolute Gasteiger partial charge is 0.462 e. The minimum Gasteiger partial charge on any atom is -0.462 e. The molecule has 1 aliphatic heterocycles. The van der Waals surface area contributed by atoms with Gasteiger partial charge in [0.05, 0.1) is 13.2 Å². The number of unbranched alkanes of at least 4 members (excludes halogenated alkanes) is 23. The van der Waals surface area contributed by atoms with Crippen LogP contribution < -0.4 is 0 Å². The lowest BCUT2D eigenvalue weighted by Gasteiger charge is -2.39. The van der Waals surface area contributed by atoms with Crippen molar-refractivity contribution in [2.45, 2.75) is 256 Å². The number of aliphatic hydroxyl groups is 4. The molecule has 0 amide bonds. The van der Waals surface area contributed by atoms with Gasteiger partial charge in [-0.1, -0.05) is 197 Å². The molecule has 0 radical (unpaired) electrons. The second-order valence-electron chi connectivity index (χ2n) is 18.0. The standard InChI is InChI=1S/C55H96O10/c1-3-5-7-9-11-13-15-17-19-21-22-23-24-25-26-28-29-31-33-35-37-39-41-43-50(57)62-46-48(47-63-55-54(61)53(60)52(59)49(45-56)65-55)64-51(58)44-42-40-38-36-34-32-30-27-20-18-16-14-12-10-8-6-4-2/h12,14,18,20,30,32,35-38,48-49,52-56,59-61H,3-11,13,15-17,19,21-29,31,33-34,39-47H2,1-2H3/b14-12+,20-18+,32-30+,37-35+,38-36+/t48-,49-,52+,53?,54?,55-/m0/s1. The van der Waals surface area contributed by atoms with Crippen LogP contribution in [0.25, 0.3) is 0 Å². The van der Waals surface area contributed by atoms with Crippen molar-refractivity contribution < 1.29 is 49.0 Å². The van der Waals surface area contributed by atoms with Gasteiger partial charge < -0.3 is 39.4 Å². The molecule has 0 aromatic heterocycles. The fourth-order valence-electron chi connectivity index (χ4n) is 7.72. The Hall–Kier alpha value is -2.60. The maximum Gasteiger partial charge on any atom is 0.306 e. The Morgan fingerprint density at radius 3 is 1.34 bits per heavy atom. The number of ether oxygens (including phenoxy) is 4. The van der Waals surface area contributed by atoms with E-state index in [2.05, 4.69) is 68.5 Å². The third-order valence-corrected chi connectivity index (χ3v) is 11.9. The molecule has 1 aliphatic rings. The molecule has 1 saturated heterocycles. The van der Waals surface area contributed by atoms with E-state index in [4.69, 9.17) is 18.9 Å². The molecule has 0 saturated carbocycles. The number of carbonyl (C=O) groups excluding carboxylic acids is 2. The summed E-state index contributed by atoms with van der Waals surface area (Å²) in [4.78, 5) is 25.4. The topological polar surface area (TPSA) is 152 Å². The molecule has 0 aromatic carbocycles. The van der Waals surface area contributed by atoms with Crippen molar-refractivity contribution in [3.63, 3.8) is 0 Å². The molecule has 376 valence electrons. The number of carbonyl (C=O) groups is 2. The molecule has 0 aromatic rings. The lowest BCUT2D eigenvalue weighted by atomic mass is 9.99. The second kappa shape index (κ2) is 45.2. The highest BCUT2D eigenvalue weighted by Crippen LogP contribution is 2.23. The highest BCUT2D eigenvalue weighted by molar-refractivity contribution is 5.70. The van der Waals surface area contributed by atoms with Gasteiger partial charge in [0.1, 0.15) is 31.0 Å². The smallest absolute Gasteiger partial charge is 0.306 e. The van der Waals surface area contributed by atoms with Crippen LogP contribution in [0.2, 0.25) is 0 Å². The molecule has 2 unspecified atom stereocenters. The summed E-state index contributed by atoms with van der Waals surface area (Å²) in [7, 11) is 0. The van der Waals surface area contributed by atoms with Crippen LogP contribution in [0, 0.1) is 0 Å². The number of esters is 2. The highest BCUT2D eigenvalue weighted by Gasteiger charge is 2.44. The van der Waals surface area contributed by atoms with Crippen LogP contribution in [0.1, 0.15) is 219 Å². The molecule has 0 aliphatic carbocycles. The fourth-order valence-corrected chi connectivity index (χ4v) is 7.72. The molecule has 65 heavy (non-hydrogen) atoms. The van der Waals surface area contributed by atoms with Gasteiger partial charge in [-0.05, 0) is 70.6 Å². The molecular weight excluding hydrogens is 821 g/mol. The summed E-state index contributed by atoms with van der Waals surface area (Å²) in [5.74, 6) is -0.907. The number of hydrogen-bond acceptors (Lipinski definition) is 10. The summed E-state index contributed by atoms with van der Waals surface area (Å²) in [5.41, 5.74) is 0. The summed E-state index contributed by atoms with van der Waals surface area (Å²) in [6.45, 7) is 3.34. The van der Waals surface area contributed by atoms with Gasteiger partial charge in [-0.2, -0.15) is 0 Å². The van der Waals surface area contributed by atoms with Gasteiger partial charge in [-0.15, -0.1) is 0 Å². The van der Waals surface area contributed by atoms with Crippen LogP contribution in [-0.2, 0) is 28.5 Å². The van der Waals surface area contributed by atoms with Crippen LogP contribution in [0.3, 0.4) is 0 Å². The van der Waals surface area contributed by atoms with E-state index in [1.54, 1.807) is 0 Å². The van der Waals surface area contributed by atoms with Crippen molar-refractivity contribution in [3.05, 3.63) is 60.8 Å². The first-order valence-corrected chi connectivity index (χ1v) is 26.4. The molecule has 0 bridgehead atoms. The molecule has 1 rings (SSSR count). The first-order valence-electron chi connectivity index (χ1n) is 26.4. The third-order valence-electron chi connectivity index (χ3n) is 11.9. The van der Waals surface area contributed by atoms with Gasteiger partial charge in [0.15, 0.2) is 12.4 Å². The van der Waals surface area contributed by atoms with E-state index in [9.17, 15) is 30.0 Å². The monoisotopic (exact) mass is 917 g/mol. The summed E-state index contributed by atoms with van der Waals surface area (Å²) in [6, 6.07) is 0. The Kier molecular flexibility index (Phi) is 42.0. The predicted octanol–water partition coefficient (Wildman–Crippen LogP) is 12.6. The molecule has 10 heteroatoms. The van der Waals surface area contributed by atoms with Crippen LogP contribution in [-0.4, -0.2) is 89.0 Å². The minimum absolute atomic E-state index is 0.147. The second-order valence-corrected chi connectivity index (χ2v) is 18.0. The van der Waals surface area contributed by atoms with Gasteiger partial charge in [0, 0.05) is 12.8 Å². The molecule has 1 heterocycles. The van der Waals surface area contributed by atoms with E-state index < -0.39 is 55.4 Å². The van der Waals surface area contributed by atoms with Crippen LogP contribution in [0.5, 0.6) is 0 Å². The maximum atomic E-state index is 12.8. The zero-order chi connectivity index (χ0) is 47.3. The van der Waals surface area contributed by atoms with Crippen molar-refractivity contribution in [2.24, 2.45) is 0 Å². The summed E-state index contributed by atoms with van der Waals surface area (Å²) < 4.78 is 22.1. The Morgan fingerprint density at radius 1 is 0.477 bits per heavy atom. The Bertz CT molecular complexity index is 1240. The van der Waals surface area contributed by atoms with Gasteiger partial charge in [0.25, 0.3) is 0 Å². The van der Waals surface area contributed by atoms with Crippen LogP contribution >= 0.6 is 0 Å². The van der Waals surface area contributed by atoms with Gasteiger partial charge in [0.2, 0.25) is 0 Å². The minimum atomic E-state index is -1.61. The van der Waals surface area contributed by atoms with E-state index in [-0.39, 0.29) is 26.1 Å². The lowest BCUT2D eigenvalue weighted by Crippen LogP contribution is -2.59. The van der Waals surface area contributed by atoms with E-state index in [0.717, 1.165) is 38.5 Å². The number of hydrogen-bond donors (Lipinski definition) is 4. The Balaban J connectivity index is 2.28. The maximum absolute atomic E-state index is 12.8. The van der Waals surface area contributed by atoms with Gasteiger partial charge >= 0.3 is 11.9 Å². The van der Waals surface area contributed by atoms with E-state index in [1.807, 2.05) is 6.08 Å². The van der Waals surface area contributed by atoms with E-state index in [0.29, 0.717) is 19.3 Å². The predicted molar refractivity (Wildman–Crippen MR) is 265 cm³/mol. The van der Waals surface area contributed by atoms with Crippen molar-refractivity contribution in [2.75, 3.05) is 19.8 Å². The first kappa shape index (κ1) is 60.4. The van der Waals surface area contributed by atoms with Gasteiger partial charge in [-0.3, -0.25) is 9.59 Å². The average Bonchev–Trinajstić information content (AvgIpc) is 3.30. The van der Waals surface area contributed by atoms with Crippen LogP contribution in [0.4, 0.5) is 0 Å². The van der Waals surface area contributed by atoms with Crippen LogP contribution in [0.15, 0.2) is 60.8 Å². The first-order chi connectivity index (χ1) is 31.8. The molecule has 6 atom stereocenters. The fraction of sp³-hybridized carbons (Fsp3) is 0.782. The number of allylic oxidation sites excluding steroid dienone is 10. The van der Waals surface area contributed by atoms with Crippen molar-refractivity contribution in [3.8, 4) is 0 Å². The zero-order valence-corrected chi connectivity index (χ0v) is 41.2. The van der Waals surface area contributed by atoms with Crippen molar-refractivity contribution in [1.29, 1.82) is 0 Å². The molecule has 4 N–H and O–H groups in total. The number of rotatable bonds is 44. The number of aliphatic hydroxyl groups excluding tert-OH is 4. The quantitative estimate of drug-likeness (QED) is 0.0264. The molecule has 0 spiro atoms. The van der Waals surface area contributed by atoms with Crippen molar-refractivity contribution >= 4 is 11.9 Å². The SMILES string of the molecule is CCCCC/C=C/C/C=C/C/C=C/C/C=C/CCCC(=O)O[C@@H](COC(=O)CCC/C=C/CCCCCCCCCCCCCCCCCCCC)CO[C@H]1O[C@@H](CO)[C@@H](O)C(O)C1O. The Labute approximate surface area is 396 Å². The summed E-state index contributed by atoms with van der Waals surface area (Å²) in [5, 5.41) is 40.2. The summed E-state index contributed by atoms with van der Waals surface area (Å²) >= 11 is 0. The van der Waals surface area contributed by atoms with Crippen molar-refractivity contribution in [1.82, 2.24) is 0 Å². The highest BCUT2D eigenvalue weighted by atomic mass is 16.7. The third kappa shape index (κ3) is 36.2. The molecule has 1 fully saturated rings. The average molecular weight is 917 g/mol. The normalized spacial score (nSPS) is 19.8. The lowest BCUT2D eigenvalue weighted by molar-refractivity contribution is -0.305. The molecule has 10 nitrogen and oxygen atoms in total.